The molecule has 8 heteroatoms. The molecule has 26 heavy (non-hydrogen) atoms. The molecule has 0 radical (unpaired) electrons. The topological polar surface area (TPSA) is 98.8 Å². The largest absolute Gasteiger partial charge is 0.469 e. The van der Waals surface area contributed by atoms with Gasteiger partial charge in [-0.1, -0.05) is 0 Å². The quantitative estimate of drug-likeness (QED) is 0.638. The molecule has 0 aliphatic rings. The molecule has 0 aliphatic heterocycles. The van der Waals surface area contributed by atoms with Crippen molar-refractivity contribution in [3.05, 3.63) is 78.1 Å². The Morgan fingerprint density at radius 2 is 1.62 bits per heavy atom. The summed E-state index contributed by atoms with van der Waals surface area (Å²) in [6.07, 6.45) is 3.04. The average molecular weight is 375 g/mol. The first-order chi connectivity index (χ1) is 12.5. The number of hydrogen-bond acceptors (Lipinski definition) is 6. The summed E-state index contributed by atoms with van der Waals surface area (Å²) in [5.74, 6) is 0.245. The maximum absolute atomic E-state index is 12.5. The lowest BCUT2D eigenvalue weighted by molar-refractivity contribution is 0.0600. The minimum absolute atomic E-state index is 0.0443. The first-order valence-corrected chi connectivity index (χ1v) is 9.24. The zero-order valence-corrected chi connectivity index (χ0v) is 14.7. The van der Waals surface area contributed by atoms with Crippen LogP contribution in [0.2, 0.25) is 0 Å². The van der Waals surface area contributed by atoms with Crippen LogP contribution in [0.1, 0.15) is 27.8 Å². The van der Waals surface area contributed by atoms with E-state index in [2.05, 4.69) is 9.46 Å². The summed E-state index contributed by atoms with van der Waals surface area (Å²) in [6, 6.07) is 12.5. The third-order valence-corrected chi connectivity index (χ3v) is 5.28. The average Bonchev–Trinajstić information content (AvgIpc) is 3.36. The van der Waals surface area contributed by atoms with Gasteiger partial charge in [0.15, 0.2) is 0 Å². The molecule has 2 heterocycles. The van der Waals surface area contributed by atoms with Crippen LogP contribution >= 0.6 is 0 Å². The van der Waals surface area contributed by atoms with Gasteiger partial charge in [-0.3, -0.25) is 0 Å². The van der Waals surface area contributed by atoms with Gasteiger partial charge in [-0.15, -0.1) is 0 Å². The Balaban J connectivity index is 1.77. The number of hydrogen-bond donors (Lipinski definition) is 1. The molecular weight excluding hydrogens is 358 g/mol. The maximum Gasteiger partial charge on any atom is 0.337 e. The molecule has 0 saturated carbocycles. The minimum atomic E-state index is -3.77. The number of carbonyl (C=O) groups excluding carboxylic acids is 1. The van der Waals surface area contributed by atoms with Crippen LogP contribution in [0.3, 0.4) is 0 Å². The van der Waals surface area contributed by atoms with Crippen molar-refractivity contribution in [3.8, 4) is 0 Å². The lowest BCUT2D eigenvalue weighted by Gasteiger charge is -2.14. The normalized spacial score (nSPS) is 11.6. The summed E-state index contributed by atoms with van der Waals surface area (Å²) in [5.41, 5.74) is 0.274. The van der Waals surface area contributed by atoms with Gasteiger partial charge in [0, 0.05) is 6.54 Å². The van der Waals surface area contributed by atoms with Gasteiger partial charge in [0.1, 0.15) is 11.5 Å². The molecule has 0 unspecified atom stereocenters. The molecule has 1 N–H and O–H groups in total. The first kappa shape index (κ1) is 18.0. The van der Waals surface area contributed by atoms with Crippen molar-refractivity contribution in [2.75, 3.05) is 13.7 Å². The molecule has 1 aromatic carbocycles. The molecule has 0 atom stereocenters. The third kappa shape index (κ3) is 3.87. The van der Waals surface area contributed by atoms with Crippen LogP contribution in [0.25, 0.3) is 0 Å². The Bertz CT molecular complexity index is 910. The fourth-order valence-electron chi connectivity index (χ4n) is 2.48. The van der Waals surface area contributed by atoms with Crippen LogP contribution in [0.5, 0.6) is 0 Å². The fraction of sp³-hybridized carbons (Fsp3) is 0.167. The first-order valence-electron chi connectivity index (χ1n) is 7.76. The van der Waals surface area contributed by atoms with E-state index in [4.69, 9.17) is 8.83 Å². The van der Waals surface area contributed by atoms with Gasteiger partial charge in [-0.05, 0) is 48.5 Å². The molecule has 136 valence electrons. The Labute approximate surface area is 150 Å². The van der Waals surface area contributed by atoms with E-state index in [0.717, 1.165) is 0 Å². The molecule has 0 aliphatic carbocycles. The third-order valence-electron chi connectivity index (χ3n) is 3.84. The number of methoxy groups -OCH3 is 1. The van der Waals surface area contributed by atoms with Crippen molar-refractivity contribution in [2.24, 2.45) is 0 Å². The van der Waals surface area contributed by atoms with Crippen LogP contribution in [0, 0.1) is 0 Å². The van der Waals surface area contributed by atoms with Crippen LogP contribution in [-0.2, 0) is 14.8 Å². The van der Waals surface area contributed by atoms with E-state index in [1.165, 1.54) is 43.9 Å². The molecule has 7 nitrogen and oxygen atoms in total. The predicted octanol–water partition coefficient (Wildman–Crippen LogP) is 2.77. The summed E-state index contributed by atoms with van der Waals surface area (Å²) in [6.45, 7) is 0.0577. The number of esters is 1. The lowest BCUT2D eigenvalue weighted by atomic mass is 10.0. The number of rotatable bonds is 7. The molecule has 0 spiro atoms. The van der Waals surface area contributed by atoms with Crippen LogP contribution in [0.15, 0.2) is 74.8 Å². The second-order valence-corrected chi connectivity index (χ2v) is 7.22. The standard InChI is InChI=1S/C18H17NO6S/c1-23-18(20)13-6-8-14(9-7-13)26(21,22)19-12-15(16-4-2-10-24-16)17-5-3-11-25-17/h2-11,15,19H,12H2,1H3. The number of furan rings is 2. The van der Waals surface area contributed by atoms with E-state index in [-0.39, 0.29) is 17.0 Å². The lowest BCUT2D eigenvalue weighted by Crippen LogP contribution is -2.28. The summed E-state index contributed by atoms with van der Waals surface area (Å²) in [5, 5.41) is 0. The summed E-state index contributed by atoms with van der Waals surface area (Å²) < 4.78 is 43.0. The van der Waals surface area contributed by atoms with Crippen molar-refractivity contribution in [2.45, 2.75) is 10.8 Å². The number of nitrogens with one attached hydrogen (secondary N) is 1. The van der Waals surface area contributed by atoms with Crippen LogP contribution in [0.4, 0.5) is 0 Å². The minimum Gasteiger partial charge on any atom is -0.469 e. The zero-order chi connectivity index (χ0) is 18.6. The summed E-state index contributed by atoms with van der Waals surface area (Å²) >= 11 is 0. The van der Waals surface area contributed by atoms with Gasteiger partial charge >= 0.3 is 5.97 Å². The SMILES string of the molecule is COC(=O)c1ccc(S(=O)(=O)NCC(c2ccco2)c2ccco2)cc1. The number of ether oxygens (including phenoxy) is 1. The molecule has 3 rings (SSSR count). The van der Waals surface area contributed by atoms with Crippen LogP contribution < -0.4 is 4.72 Å². The Hall–Kier alpha value is -2.84. The molecule has 0 bridgehead atoms. The van der Waals surface area contributed by atoms with Crippen molar-refractivity contribution in [3.63, 3.8) is 0 Å². The maximum atomic E-state index is 12.5. The highest BCUT2D eigenvalue weighted by Gasteiger charge is 2.23. The Morgan fingerprint density at radius 1 is 1.04 bits per heavy atom. The molecule has 0 amide bonds. The van der Waals surface area contributed by atoms with E-state index in [1.807, 2.05) is 0 Å². The number of benzene rings is 1. The molecule has 0 saturated heterocycles. The van der Waals surface area contributed by atoms with Gasteiger partial charge < -0.3 is 13.6 Å². The molecular formula is C18H17NO6S. The van der Waals surface area contributed by atoms with E-state index in [0.29, 0.717) is 11.5 Å². The predicted molar refractivity (Wildman–Crippen MR) is 92.2 cm³/mol. The van der Waals surface area contributed by atoms with Crippen molar-refractivity contribution >= 4 is 16.0 Å². The Morgan fingerprint density at radius 3 is 2.08 bits per heavy atom. The van der Waals surface area contributed by atoms with Crippen molar-refractivity contribution < 1.29 is 26.8 Å². The number of sulfonamides is 1. The summed E-state index contributed by atoms with van der Waals surface area (Å²) in [7, 11) is -2.51. The van der Waals surface area contributed by atoms with Gasteiger partial charge in [-0.25, -0.2) is 17.9 Å². The summed E-state index contributed by atoms with van der Waals surface area (Å²) in [4.78, 5) is 11.5. The van der Waals surface area contributed by atoms with Crippen molar-refractivity contribution in [1.29, 1.82) is 0 Å². The molecule has 0 fully saturated rings. The van der Waals surface area contributed by atoms with Gasteiger partial charge in [-0.2, -0.15) is 0 Å². The molecule has 3 aromatic rings. The van der Waals surface area contributed by atoms with E-state index < -0.39 is 21.9 Å². The van der Waals surface area contributed by atoms with E-state index >= 15 is 0 Å². The van der Waals surface area contributed by atoms with Gasteiger partial charge in [0.2, 0.25) is 10.0 Å². The monoisotopic (exact) mass is 375 g/mol. The molecule has 2 aromatic heterocycles. The second-order valence-electron chi connectivity index (χ2n) is 5.45. The highest BCUT2D eigenvalue weighted by Crippen LogP contribution is 2.25. The zero-order valence-electron chi connectivity index (χ0n) is 13.9. The van der Waals surface area contributed by atoms with Gasteiger partial charge in [0.25, 0.3) is 0 Å². The Kier molecular flexibility index (Phi) is 5.24. The number of carbonyl (C=O) groups is 1. The van der Waals surface area contributed by atoms with Crippen LogP contribution in [-0.4, -0.2) is 28.0 Å². The highest BCUT2D eigenvalue weighted by molar-refractivity contribution is 7.89. The van der Waals surface area contributed by atoms with E-state index in [9.17, 15) is 13.2 Å². The smallest absolute Gasteiger partial charge is 0.337 e. The van der Waals surface area contributed by atoms with E-state index in [1.54, 1.807) is 24.3 Å². The van der Waals surface area contributed by atoms with Crippen molar-refractivity contribution in [1.82, 2.24) is 4.72 Å². The fourth-order valence-corrected chi connectivity index (χ4v) is 3.53. The second kappa shape index (κ2) is 7.59. The highest BCUT2D eigenvalue weighted by atomic mass is 32.2. The van der Waals surface area contributed by atoms with Gasteiger partial charge in [0.05, 0.1) is 36.0 Å².